The number of alkyl halides is 3. The molecular weight excluding hydrogens is 848 g/mol. The predicted octanol–water partition coefficient (Wildman–Crippen LogP) is 7.91. The van der Waals surface area contributed by atoms with Crippen molar-refractivity contribution in [2.75, 3.05) is 36.4 Å². The lowest BCUT2D eigenvalue weighted by molar-refractivity contribution is -0.137. The van der Waals surface area contributed by atoms with E-state index in [4.69, 9.17) is 14.2 Å². The Morgan fingerprint density at radius 2 is 1.09 bits per heavy atom. The Morgan fingerprint density at radius 3 is 1.60 bits per heavy atom. The number of carbonyl (C=O) groups excluding carboxylic acids is 5. The molecule has 4 rings (SSSR count). The number of hydrogen-bond acceptors (Lipinski definition) is 10. The minimum atomic E-state index is -4.58. The largest absolute Gasteiger partial charge is 0.444 e. The normalized spacial score (nSPS) is 12.9. The van der Waals surface area contributed by atoms with Gasteiger partial charge in [-0.3, -0.25) is 14.6 Å². The fraction of sp³-hybridized carbons (Fsp3) is 0.447. The van der Waals surface area contributed by atoms with Crippen molar-refractivity contribution in [3.63, 3.8) is 0 Å². The summed E-state index contributed by atoms with van der Waals surface area (Å²) in [5.74, 6) is -1.45. The van der Waals surface area contributed by atoms with Gasteiger partial charge in [-0.15, -0.1) is 0 Å². The standard InChI is InChI=1S/C47H60F3N7O8/c1-44(2,3)63-41(60)51-22-24-57(25-23-52-42(61)64-45(4,5)6)35-20-16-31(17-21-35)27-38(56-43(62)65-46(7,8)9)40(59)55-37(26-30-14-18-33(19-15-30)47(48,49)50)39(58)54-34-28-32-12-10-11-13-36(32)53-29-34/h10-21,28-29,37-38H,22-27H2,1-9H3,(H,51,60)(H,52,61)(H,54,58)(H,55,59)(H,56,62)/t37?,38-/m0/s1. The summed E-state index contributed by atoms with van der Waals surface area (Å²) in [5, 5.41) is 14.3. The Balaban J connectivity index is 1.59. The summed E-state index contributed by atoms with van der Waals surface area (Å²) in [6.45, 7) is 16.5. The number of pyridine rings is 1. The molecule has 3 aromatic carbocycles. The summed E-state index contributed by atoms with van der Waals surface area (Å²) >= 11 is 0. The van der Waals surface area contributed by atoms with Crippen LogP contribution in [-0.2, 0) is 42.8 Å². The number of halogens is 3. The Morgan fingerprint density at radius 1 is 0.615 bits per heavy atom. The molecule has 5 amide bonds. The second-order valence-electron chi connectivity index (χ2n) is 18.3. The minimum Gasteiger partial charge on any atom is -0.444 e. The van der Waals surface area contributed by atoms with Crippen LogP contribution >= 0.6 is 0 Å². The van der Waals surface area contributed by atoms with Crippen molar-refractivity contribution in [2.24, 2.45) is 0 Å². The topological polar surface area (TPSA) is 189 Å². The number of rotatable bonds is 16. The van der Waals surface area contributed by atoms with Gasteiger partial charge in [0.2, 0.25) is 11.8 Å². The van der Waals surface area contributed by atoms with Crippen molar-refractivity contribution in [3.8, 4) is 0 Å². The first-order chi connectivity index (χ1) is 30.2. The monoisotopic (exact) mass is 907 g/mol. The van der Waals surface area contributed by atoms with Crippen LogP contribution in [0.2, 0.25) is 0 Å². The third kappa shape index (κ3) is 18.2. The molecule has 2 atom stereocenters. The summed E-state index contributed by atoms with van der Waals surface area (Å²) in [4.78, 5) is 72.4. The summed E-state index contributed by atoms with van der Waals surface area (Å²) in [5.41, 5.74) is -0.572. The maximum absolute atomic E-state index is 14.2. The number of hydrogen-bond donors (Lipinski definition) is 5. The average molecular weight is 908 g/mol. The third-order valence-electron chi connectivity index (χ3n) is 9.06. The molecule has 5 N–H and O–H groups in total. The van der Waals surface area contributed by atoms with Crippen LogP contribution in [0.4, 0.5) is 38.9 Å². The first-order valence-corrected chi connectivity index (χ1v) is 21.1. The Hall–Kier alpha value is -6.59. The fourth-order valence-corrected chi connectivity index (χ4v) is 6.24. The van der Waals surface area contributed by atoms with E-state index in [0.717, 1.165) is 17.5 Å². The zero-order valence-corrected chi connectivity index (χ0v) is 38.3. The molecule has 65 heavy (non-hydrogen) atoms. The van der Waals surface area contributed by atoms with Crippen molar-refractivity contribution in [3.05, 3.63) is 102 Å². The Labute approximate surface area is 377 Å². The van der Waals surface area contributed by atoms with Gasteiger partial charge in [0.1, 0.15) is 28.9 Å². The molecule has 0 aliphatic rings. The molecule has 18 heteroatoms. The third-order valence-corrected chi connectivity index (χ3v) is 9.06. The minimum absolute atomic E-state index is 0.0744. The van der Waals surface area contributed by atoms with Crippen molar-refractivity contribution in [1.82, 2.24) is 26.3 Å². The number of nitrogens with zero attached hydrogens (tertiary/aromatic N) is 2. The van der Waals surface area contributed by atoms with Crippen molar-refractivity contribution in [2.45, 2.75) is 110 Å². The van der Waals surface area contributed by atoms with Crippen molar-refractivity contribution >= 4 is 52.4 Å². The van der Waals surface area contributed by atoms with E-state index in [9.17, 15) is 37.1 Å². The SMILES string of the molecule is CC(C)(C)OC(=O)NCCN(CCNC(=O)OC(C)(C)C)c1ccc(C[C@H](NC(=O)OC(C)(C)C)C(=O)NC(Cc2ccc(C(F)(F)F)cc2)C(=O)Nc2cnc3ccccc3c2)cc1. The highest BCUT2D eigenvalue weighted by Crippen LogP contribution is 2.29. The molecule has 0 saturated carbocycles. The lowest BCUT2D eigenvalue weighted by Crippen LogP contribution is -2.54. The first-order valence-electron chi connectivity index (χ1n) is 21.1. The first kappa shape index (κ1) is 51.0. The van der Waals surface area contributed by atoms with Crippen LogP contribution in [-0.4, -0.2) is 90.1 Å². The van der Waals surface area contributed by atoms with Crippen molar-refractivity contribution in [1.29, 1.82) is 0 Å². The lowest BCUT2D eigenvalue weighted by Gasteiger charge is -2.27. The lowest BCUT2D eigenvalue weighted by atomic mass is 10.0. The number of nitrogens with one attached hydrogen (secondary N) is 5. The highest BCUT2D eigenvalue weighted by Gasteiger charge is 2.32. The molecule has 0 fully saturated rings. The number of para-hydroxylation sites is 1. The number of amides is 5. The average Bonchev–Trinajstić information content (AvgIpc) is 3.18. The second kappa shape index (κ2) is 21.9. The van der Waals surface area contributed by atoms with Crippen LogP contribution in [0.25, 0.3) is 10.9 Å². The molecule has 1 aromatic heterocycles. The summed E-state index contributed by atoms with van der Waals surface area (Å²) < 4.78 is 56.4. The Kier molecular flexibility index (Phi) is 17.2. The summed E-state index contributed by atoms with van der Waals surface area (Å²) in [6.07, 6.45) is -5.49. The van der Waals surface area contributed by atoms with Gasteiger partial charge in [0.05, 0.1) is 23.0 Å². The maximum Gasteiger partial charge on any atom is 0.416 e. The number of anilines is 2. The fourth-order valence-electron chi connectivity index (χ4n) is 6.24. The molecule has 1 heterocycles. The number of fused-ring (bicyclic) bond motifs is 1. The molecule has 15 nitrogen and oxygen atoms in total. The molecule has 0 bridgehead atoms. The number of aromatic nitrogens is 1. The van der Waals surface area contributed by atoms with E-state index in [0.29, 0.717) is 41.1 Å². The molecule has 0 aliphatic carbocycles. The molecule has 0 aliphatic heterocycles. The highest BCUT2D eigenvalue weighted by atomic mass is 19.4. The van der Waals surface area contributed by atoms with Crippen LogP contribution in [0.3, 0.4) is 0 Å². The van der Waals surface area contributed by atoms with Gasteiger partial charge >= 0.3 is 24.5 Å². The van der Waals surface area contributed by atoms with E-state index in [1.54, 1.807) is 98.7 Å². The molecule has 0 saturated heterocycles. The number of alkyl carbamates (subject to hydrolysis) is 3. The number of benzene rings is 3. The van der Waals surface area contributed by atoms with E-state index in [1.165, 1.54) is 18.3 Å². The van der Waals surface area contributed by atoms with Gasteiger partial charge in [-0.25, -0.2) is 14.4 Å². The van der Waals surface area contributed by atoms with Gasteiger partial charge in [0.25, 0.3) is 0 Å². The van der Waals surface area contributed by atoms with E-state index in [-0.39, 0.29) is 25.9 Å². The molecular formula is C47H60F3N7O8. The highest BCUT2D eigenvalue weighted by molar-refractivity contribution is 5.99. The summed E-state index contributed by atoms with van der Waals surface area (Å²) in [7, 11) is 0. The molecule has 352 valence electrons. The Bertz CT molecular complexity index is 2220. The summed E-state index contributed by atoms with van der Waals surface area (Å²) in [6, 6.07) is 17.6. The zero-order valence-electron chi connectivity index (χ0n) is 38.3. The van der Waals surface area contributed by atoms with Crippen molar-refractivity contribution < 1.29 is 51.4 Å². The van der Waals surface area contributed by atoms with Crippen LogP contribution in [0, 0.1) is 0 Å². The molecule has 1 unspecified atom stereocenters. The van der Waals surface area contributed by atoms with E-state index < -0.39 is 70.7 Å². The van der Waals surface area contributed by atoms with Gasteiger partial charge in [-0.05, 0) is 110 Å². The van der Waals surface area contributed by atoms with Crippen LogP contribution in [0.5, 0.6) is 0 Å². The van der Waals surface area contributed by atoms with Gasteiger partial charge in [-0.1, -0.05) is 42.5 Å². The van der Waals surface area contributed by atoms with Gasteiger partial charge in [-0.2, -0.15) is 13.2 Å². The van der Waals surface area contributed by atoms with E-state index >= 15 is 0 Å². The van der Waals surface area contributed by atoms with E-state index in [1.807, 2.05) is 23.1 Å². The van der Waals surface area contributed by atoms with E-state index in [2.05, 4.69) is 31.6 Å². The zero-order chi connectivity index (χ0) is 48.2. The smallest absolute Gasteiger partial charge is 0.416 e. The number of carbonyl (C=O) groups is 5. The van der Waals surface area contributed by atoms with Crippen LogP contribution < -0.4 is 31.5 Å². The van der Waals surface area contributed by atoms with Gasteiger partial charge in [0, 0.05) is 50.1 Å². The quantitative estimate of drug-likeness (QED) is 0.0691. The van der Waals surface area contributed by atoms with Gasteiger partial charge < -0.3 is 45.7 Å². The molecule has 0 spiro atoms. The van der Waals surface area contributed by atoms with Crippen LogP contribution in [0.1, 0.15) is 79.0 Å². The number of ether oxygens (including phenoxy) is 3. The van der Waals surface area contributed by atoms with Gasteiger partial charge in [0.15, 0.2) is 0 Å². The molecule has 0 radical (unpaired) electrons. The molecule has 4 aromatic rings. The second-order valence-corrected chi connectivity index (χ2v) is 18.3. The van der Waals surface area contributed by atoms with Crippen LogP contribution in [0.15, 0.2) is 85.1 Å². The maximum atomic E-state index is 14.2. The predicted molar refractivity (Wildman–Crippen MR) is 241 cm³/mol.